The molecule has 1 aliphatic heterocycles. The largest absolute Gasteiger partial charge is 0.469 e. The van der Waals surface area contributed by atoms with Gasteiger partial charge in [-0.15, -0.1) is 0 Å². The van der Waals surface area contributed by atoms with Crippen LogP contribution >= 0.6 is 0 Å². The third-order valence-corrected chi connectivity index (χ3v) is 11.1. The third-order valence-electron chi connectivity index (χ3n) is 11.1. The Labute approximate surface area is 177 Å². The summed E-state index contributed by atoms with van der Waals surface area (Å²) < 4.78 is 10.8. The van der Waals surface area contributed by atoms with Crippen LogP contribution in [0.15, 0.2) is 0 Å². The first-order chi connectivity index (χ1) is 13.8. The van der Waals surface area contributed by atoms with Crippen molar-refractivity contribution in [2.75, 3.05) is 13.7 Å². The minimum absolute atomic E-state index is 0.0405. The average Bonchev–Trinajstić information content (AvgIpc) is 3.37. The molecule has 4 saturated carbocycles. The number of epoxide rings is 1. The van der Waals surface area contributed by atoms with E-state index in [1.807, 2.05) is 0 Å². The molecule has 0 aromatic carbocycles. The average molecular weight is 403 g/mol. The summed E-state index contributed by atoms with van der Waals surface area (Å²) in [6, 6.07) is 0. The summed E-state index contributed by atoms with van der Waals surface area (Å²) >= 11 is 0. The van der Waals surface area contributed by atoms with Gasteiger partial charge in [-0.3, -0.25) is 4.79 Å². The Bertz CT molecular complexity index is 654. The second-order valence-electron chi connectivity index (χ2n) is 12.2. The van der Waals surface area contributed by atoms with Gasteiger partial charge in [-0.1, -0.05) is 20.8 Å². The van der Waals surface area contributed by atoms with Gasteiger partial charge in [0.15, 0.2) is 0 Å². The Balaban J connectivity index is 1.30. The maximum Gasteiger partial charge on any atom is 0.305 e. The van der Waals surface area contributed by atoms with E-state index in [1.54, 1.807) is 0 Å². The molecule has 5 aliphatic rings. The van der Waals surface area contributed by atoms with E-state index in [0.717, 1.165) is 42.6 Å². The zero-order valence-electron chi connectivity index (χ0n) is 19.2. The second-order valence-corrected chi connectivity index (χ2v) is 12.2. The van der Waals surface area contributed by atoms with Gasteiger partial charge >= 0.3 is 5.97 Å². The van der Waals surface area contributed by atoms with Crippen LogP contribution in [0.25, 0.3) is 0 Å². The van der Waals surface area contributed by atoms with E-state index < -0.39 is 0 Å². The fourth-order valence-corrected chi connectivity index (χ4v) is 9.30. The molecule has 0 radical (unpaired) electrons. The number of hydrogen-bond donors (Lipinski definition) is 0. The number of ether oxygens (including phenoxy) is 2. The van der Waals surface area contributed by atoms with Crippen LogP contribution in [0, 0.1) is 46.3 Å². The zero-order chi connectivity index (χ0) is 20.4. The van der Waals surface area contributed by atoms with Gasteiger partial charge in [0.1, 0.15) is 0 Å². The SMILES string of the molecule is COC(=O)CC[C@@H](C)[C@H]1CCC2C3CC[C@H]4CC5(CC[C@]4(C)C3CC[C@@]21C)CO5. The molecule has 1 saturated heterocycles. The summed E-state index contributed by atoms with van der Waals surface area (Å²) in [5, 5.41) is 0. The molecule has 3 heteroatoms. The summed E-state index contributed by atoms with van der Waals surface area (Å²) in [5.74, 6) is 5.09. The van der Waals surface area contributed by atoms with Crippen LogP contribution in [-0.4, -0.2) is 25.3 Å². The predicted molar refractivity (Wildman–Crippen MR) is 114 cm³/mol. The van der Waals surface area contributed by atoms with Gasteiger partial charge in [-0.25, -0.2) is 0 Å². The third kappa shape index (κ3) is 3.12. The summed E-state index contributed by atoms with van der Waals surface area (Å²) in [7, 11) is 1.51. The van der Waals surface area contributed by atoms with Crippen molar-refractivity contribution >= 4 is 5.97 Å². The van der Waals surface area contributed by atoms with Gasteiger partial charge in [0, 0.05) is 6.42 Å². The van der Waals surface area contributed by atoms with Gasteiger partial charge in [-0.2, -0.15) is 0 Å². The molecule has 4 unspecified atom stereocenters. The van der Waals surface area contributed by atoms with Gasteiger partial charge in [0.2, 0.25) is 0 Å². The van der Waals surface area contributed by atoms with Crippen LogP contribution in [-0.2, 0) is 14.3 Å². The Kier molecular flexibility index (Phi) is 4.89. The van der Waals surface area contributed by atoms with Crippen molar-refractivity contribution in [3.05, 3.63) is 0 Å². The number of fused-ring (bicyclic) bond motifs is 5. The molecule has 0 aromatic heterocycles. The first-order valence-electron chi connectivity index (χ1n) is 12.5. The molecule has 0 N–H and O–H groups in total. The van der Waals surface area contributed by atoms with E-state index in [9.17, 15) is 4.79 Å². The number of rotatable bonds is 4. The molecule has 0 amide bonds. The van der Waals surface area contributed by atoms with Crippen molar-refractivity contribution in [2.45, 2.75) is 97.0 Å². The van der Waals surface area contributed by atoms with Gasteiger partial charge < -0.3 is 9.47 Å². The normalized spacial score (nSPS) is 51.7. The fourth-order valence-electron chi connectivity index (χ4n) is 9.30. The number of carbonyl (C=O) groups is 1. The highest BCUT2D eigenvalue weighted by Crippen LogP contribution is 2.69. The van der Waals surface area contributed by atoms with Crippen LogP contribution in [0.2, 0.25) is 0 Å². The van der Waals surface area contributed by atoms with Crippen molar-refractivity contribution in [3.8, 4) is 0 Å². The topological polar surface area (TPSA) is 38.8 Å². The number of methoxy groups -OCH3 is 1. The van der Waals surface area contributed by atoms with E-state index in [0.29, 0.717) is 28.8 Å². The minimum atomic E-state index is -0.0405. The smallest absolute Gasteiger partial charge is 0.305 e. The quantitative estimate of drug-likeness (QED) is 0.427. The molecule has 5 fully saturated rings. The number of hydrogen-bond acceptors (Lipinski definition) is 3. The number of carbonyl (C=O) groups excluding carboxylic acids is 1. The van der Waals surface area contributed by atoms with Crippen LogP contribution in [0.3, 0.4) is 0 Å². The Morgan fingerprint density at radius 2 is 1.79 bits per heavy atom. The highest BCUT2D eigenvalue weighted by molar-refractivity contribution is 5.69. The van der Waals surface area contributed by atoms with E-state index in [1.165, 1.54) is 64.9 Å². The molecule has 5 rings (SSSR count). The molecule has 164 valence electrons. The van der Waals surface area contributed by atoms with Crippen LogP contribution < -0.4 is 0 Å². The van der Waals surface area contributed by atoms with Gasteiger partial charge in [0.05, 0.1) is 19.3 Å². The Hall–Kier alpha value is -0.570. The fraction of sp³-hybridized carbons (Fsp3) is 0.962. The first kappa shape index (κ1) is 20.3. The summed E-state index contributed by atoms with van der Waals surface area (Å²) in [5.41, 5.74) is 1.37. The Morgan fingerprint density at radius 1 is 1.03 bits per heavy atom. The lowest BCUT2D eigenvalue weighted by Crippen LogP contribution is -2.54. The van der Waals surface area contributed by atoms with Crippen molar-refractivity contribution in [2.24, 2.45) is 46.3 Å². The van der Waals surface area contributed by atoms with Crippen LogP contribution in [0.4, 0.5) is 0 Å². The van der Waals surface area contributed by atoms with E-state index in [2.05, 4.69) is 20.8 Å². The lowest BCUT2D eigenvalue weighted by Gasteiger charge is -2.61. The predicted octanol–water partition coefficient (Wildman–Crippen LogP) is 6.00. The van der Waals surface area contributed by atoms with Crippen molar-refractivity contribution < 1.29 is 14.3 Å². The highest BCUT2D eigenvalue weighted by Gasteiger charge is 2.63. The van der Waals surface area contributed by atoms with E-state index in [4.69, 9.17) is 9.47 Å². The summed E-state index contributed by atoms with van der Waals surface area (Å²) in [6.45, 7) is 8.74. The van der Waals surface area contributed by atoms with Crippen LogP contribution in [0.1, 0.15) is 91.4 Å². The maximum absolute atomic E-state index is 11.7. The molecule has 9 atom stereocenters. The molecule has 29 heavy (non-hydrogen) atoms. The molecule has 1 heterocycles. The van der Waals surface area contributed by atoms with Crippen molar-refractivity contribution in [1.82, 2.24) is 0 Å². The molecule has 0 bridgehead atoms. The molecule has 1 spiro atoms. The molecular weight excluding hydrogens is 360 g/mol. The highest BCUT2D eigenvalue weighted by atomic mass is 16.6. The van der Waals surface area contributed by atoms with E-state index in [-0.39, 0.29) is 5.97 Å². The van der Waals surface area contributed by atoms with Crippen molar-refractivity contribution in [3.63, 3.8) is 0 Å². The first-order valence-corrected chi connectivity index (χ1v) is 12.5. The lowest BCUT2D eigenvalue weighted by molar-refractivity contribution is -0.141. The summed E-state index contributed by atoms with van der Waals surface area (Å²) in [4.78, 5) is 11.7. The monoisotopic (exact) mass is 402 g/mol. The molecule has 3 nitrogen and oxygen atoms in total. The second kappa shape index (κ2) is 6.97. The summed E-state index contributed by atoms with van der Waals surface area (Å²) in [6.07, 6.45) is 14.2. The number of esters is 1. The van der Waals surface area contributed by atoms with Crippen molar-refractivity contribution in [1.29, 1.82) is 0 Å². The lowest BCUT2D eigenvalue weighted by atomic mass is 9.44. The van der Waals surface area contributed by atoms with E-state index >= 15 is 0 Å². The zero-order valence-corrected chi connectivity index (χ0v) is 19.2. The van der Waals surface area contributed by atoms with Gasteiger partial charge in [-0.05, 0) is 111 Å². The molecule has 0 aromatic rings. The standard InChI is InChI=1S/C26H42O3/c1-17(5-10-23(27)28-4)20-8-9-21-19-7-6-18-15-26(16-29-26)14-13-24(18,2)22(19)11-12-25(20,21)3/h17-22H,5-16H2,1-4H3/t17-,18+,19?,20-,21?,22?,24+,25-,26?/m1/s1. The maximum atomic E-state index is 11.7. The van der Waals surface area contributed by atoms with Gasteiger partial charge in [0.25, 0.3) is 0 Å². The molecule has 4 aliphatic carbocycles. The Morgan fingerprint density at radius 3 is 2.52 bits per heavy atom. The van der Waals surface area contributed by atoms with Crippen LogP contribution in [0.5, 0.6) is 0 Å². The minimum Gasteiger partial charge on any atom is -0.469 e. The molecular formula is C26H42O3.